The molecule has 2 heterocycles. The zero-order valence-electron chi connectivity index (χ0n) is 15.0. The third-order valence-electron chi connectivity index (χ3n) is 3.39. The standard InChI is InChI=1S/C16H26N6S.HI/c1-6-17-15(18-9-12-7-8-20-22(12)5)19-10-14-21-13(11-23-14)16(2,3)4;/h7-8,11H,6,9-10H2,1-5H3,(H2,17,18,19);1H. The molecule has 2 aromatic rings. The summed E-state index contributed by atoms with van der Waals surface area (Å²) in [4.78, 5) is 9.29. The third kappa shape index (κ3) is 6.04. The molecule has 8 heteroatoms. The predicted molar refractivity (Wildman–Crippen MR) is 111 cm³/mol. The number of thiazole rings is 1. The van der Waals surface area contributed by atoms with Gasteiger partial charge in [0.1, 0.15) is 5.01 Å². The maximum absolute atomic E-state index is 4.70. The highest BCUT2D eigenvalue weighted by atomic mass is 127. The van der Waals surface area contributed by atoms with Gasteiger partial charge in [-0.15, -0.1) is 35.3 Å². The molecule has 0 amide bonds. The number of aromatic nitrogens is 3. The molecule has 2 aromatic heterocycles. The average Bonchev–Trinajstić information content (AvgIpc) is 3.10. The molecule has 24 heavy (non-hydrogen) atoms. The fraction of sp³-hybridized carbons (Fsp3) is 0.562. The van der Waals surface area contributed by atoms with Gasteiger partial charge in [-0.25, -0.2) is 9.98 Å². The molecule has 0 bridgehead atoms. The van der Waals surface area contributed by atoms with E-state index in [9.17, 15) is 0 Å². The van der Waals surface area contributed by atoms with Crippen LogP contribution in [0.2, 0.25) is 0 Å². The molecule has 2 rings (SSSR count). The summed E-state index contributed by atoms with van der Waals surface area (Å²) in [6.45, 7) is 10.7. The van der Waals surface area contributed by atoms with Gasteiger partial charge < -0.3 is 10.6 Å². The Balaban J connectivity index is 0.00000288. The Hall–Kier alpha value is -1.16. The summed E-state index contributed by atoms with van der Waals surface area (Å²) in [6.07, 6.45) is 1.79. The van der Waals surface area contributed by atoms with Crippen molar-refractivity contribution in [2.24, 2.45) is 12.0 Å². The van der Waals surface area contributed by atoms with Gasteiger partial charge in [0.25, 0.3) is 0 Å². The zero-order chi connectivity index (χ0) is 16.9. The predicted octanol–water partition coefficient (Wildman–Crippen LogP) is 3.05. The molecule has 0 radical (unpaired) electrons. The van der Waals surface area contributed by atoms with E-state index in [4.69, 9.17) is 4.98 Å². The number of nitrogens with one attached hydrogen (secondary N) is 2. The van der Waals surface area contributed by atoms with E-state index >= 15 is 0 Å². The molecule has 0 aliphatic carbocycles. The molecular formula is C16H27IN6S. The zero-order valence-corrected chi connectivity index (χ0v) is 18.1. The maximum Gasteiger partial charge on any atom is 0.191 e. The van der Waals surface area contributed by atoms with Gasteiger partial charge in [-0.2, -0.15) is 5.10 Å². The van der Waals surface area contributed by atoms with Crippen LogP contribution in [-0.4, -0.2) is 27.3 Å². The van der Waals surface area contributed by atoms with Gasteiger partial charge in [-0.05, 0) is 13.0 Å². The van der Waals surface area contributed by atoms with Gasteiger partial charge in [0.15, 0.2) is 5.96 Å². The van der Waals surface area contributed by atoms with Gasteiger partial charge in [-0.1, -0.05) is 20.8 Å². The highest BCUT2D eigenvalue weighted by molar-refractivity contribution is 14.0. The number of guanidine groups is 1. The first-order valence-electron chi connectivity index (χ1n) is 7.84. The van der Waals surface area contributed by atoms with E-state index < -0.39 is 0 Å². The summed E-state index contributed by atoms with van der Waals surface area (Å²) < 4.78 is 1.84. The lowest BCUT2D eigenvalue weighted by atomic mass is 9.93. The van der Waals surface area contributed by atoms with Crippen LogP contribution in [0.4, 0.5) is 0 Å². The first-order chi connectivity index (χ1) is 10.9. The van der Waals surface area contributed by atoms with Crippen LogP contribution in [0.5, 0.6) is 0 Å². The lowest BCUT2D eigenvalue weighted by Gasteiger charge is -2.14. The van der Waals surface area contributed by atoms with Crippen LogP contribution in [0.1, 0.15) is 44.1 Å². The second-order valence-electron chi connectivity index (χ2n) is 6.37. The second kappa shape index (κ2) is 9.36. The lowest BCUT2D eigenvalue weighted by Crippen LogP contribution is -2.36. The van der Waals surface area contributed by atoms with Crippen molar-refractivity contribution in [3.63, 3.8) is 0 Å². The summed E-state index contributed by atoms with van der Waals surface area (Å²) in [5.74, 6) is 0.793. The van der Waals surface area contributed by atoms with Gasteiger partial charge in [-0.3, -0.25) is 4.68 Å². The van der Waals surface area contributed by atoms with E-state index in [0.717, 1.165) is 28.9 Å². The minimum Gasteiger partial charge on any atom is -0.357 e. The van der Waals surface area contributed by atoms with Crippen LogP contribution in [-0.2, 0) is 25.6 Å². The van der Waals surface area contributed by atoms with Crippen molar-refractivity contribution < 1.29 is 0 Å². The average molecular weight is 462 g/mol. The van der Waals surface area contributed by atoms with Crippen LogP contribution in [0.3, 0.4) is 0 Å². The number of rotatable bonds is 5. The van der Waals surface area contributed by atoms with Crippen LogP contribution in [0.15, 0.2) is 22.6 Å². The second-order valence-corrected chi connectivity index (χ2v) is 7.31. The van der Waals surface area contributed by atoms with Crippen molar-refractivity contribution in [1.82, 2.24) is 25.4 Å². The molecular weight excluding hydrogens is 435 g/mol. The Morgan fingerprint density at radius 2 is 2.08 bits per heavy atom. The van der Waals surface area contributed by atoms with Crippen LogP contribution in [0.25, 0.3) is 0 Å². The fourth-order valence-electron chi connectivity index (χ4n) is 1.95. The van der Waals surface area contributed by atoms with E-state index in [1.807, 2.05) is 17.8 Å². The normalized spacial score (nSPS) is 12.0. The van der Waals surface area contributed by atoms with Crippen molar-refractivity contribution in [3.8, 4) is 0 Å². The largest absolute Gasteiger partial charge is 0.357 e. The van der Waals surface area contributed by atoms with Crippen molar-refractivity contribution in [2.75, 3.05) is 6.54 Å². The minimum absolute atomic E-state index is 0. The number of hydrogen-bond donors (Lipinski definition) is 2. The molecule has 0 saturated carbocycles. The first kappa shape index (κ1) is 20.9. The molecule has 0 aliphatic rings. The van der Waals surface area contributed by atoms with Gasteiger partial charge in [0.2, 0.25) is 0 Å². The van der Waals surface area contributed by atoms with Crippen molar-refractivity contribution >= 4 is 41.3 Å². The Labute approximate surface area is 165 Å². The number of halogens is 1. The molecule has 2 N–H and O–H groups in total. The van der Waals surface area contributed by atoms with Gasteiger partial charge >= 0.3 is 0 Å². The number of nitrogens with zero attached hydrogens (tertiary/aromatic N) is 4. The highest BCUT2D eigenvalue weighted by Crippen LogP contribution is 2.23. The molecule has 0 spiro atoms. The Bertz CT molecular complexity index is 656. The summed E-state index contributed by atoms with van der Waals surface area (Å²) >= 11 is 1.68. The van der Waals surface area contributed by atoms with Crippen molar-refractivity contribution in [3.05, 3.63) is 34.0 Å². The fourth-order valence-corrected chi connectivity index (χ4v) is 2.91. The number of aliphatic imine (C=N–C) groups is 1. The van der Waals surface area contributed by atoms with Crippen molar-refractivity contribution in [2.45, 2.75) is 46.2 Å². The minimum atomic E-state index is 0. The van der Waals surface area contributed by atoms with E-state index in [1.54, 1.807) is 17.5 Å². The summed E-state index contributed by atoms with van der Waals surface area (Å²) in [5.41, 5.74) is 2.30. The van der Waals surface area contributed by atoms with Crippen LogP contribution in [0, 0.1) is 0 Å². The monoisotopic (exact) mass is 462 g/mol. The molecule has 0 unspecified atom stereocenters. The smallest absolute Gasteiger partial charge is 0.191 e. The summed E-state index contributed by atoms with van der Waals surface area (Å²) in [5, 5.41) is 14.0. The molecule has 0 fully saturated rings. The number of hydrogen-bond acceptors (Lipinski definition) is 4. The SMILES string of the molecule is CCNC(=NCc1ccnn1C)NCc1nc(C(C)(C)C)cs1.I. The quantitative estimate of drug-likeness (QED) is 0.407. The van der Waals surface area contributed by atoms with Gasteiger partial charge in [0, 0.05) is 30.6 Å². The summed E-state index contributed by atoms with van der Waals surface area (Å²) in [6, 6.07) is 1.98. The Morgan fingerprint density at radius 1 is 1.33 bits per heavy atom. The number of aryl methyl sites for hydroxylation is 1. The maximum atomic E-state index is 4.70. The summed E-state index contributed by atoms with van der Waals surface area (Å²) in [7, 11) is 1.93. The molecule has 0 saturated heterocycles. The van der Waals surface area contributed by atoms with Gasteiger partial charge in [0.05, 0.1) is 24.5 Å². The topological polar surface area (TPSA) is 67.1 Å². The lowest BCUT2D eigenvalue weighted by molar-refractivity contribution is 0.570. The molecule has 0 atom stereocenters. The van der Waals surface area contributed by atoms with E-state index in [1.165, 1.54) is 0 Å². The van der Waals surface area contributed by atoms with E-state index in [-0.39, 0.29) is 29.4 Å². The van der Waals surface area contributed by atoms with E-state index in [2.05, 4.69) is 53.8 Å². The Morgan fingerprint density at radius 3 is 2.62 bits per heavy atom. The van der Waals surface area contributed by atoms with Crippen molar-refractivity contribution in [1.29, 1.82) is 0 Å². The molecule has 6 nitrogen and oxygen atoms in total. The third-order valence-corrected chi connectivity index (χ3v) is 4.24. The van der Waals surface area contributed by atoms with E-state index in [0.29, 0.717) is 13.1 Å². The Kier molecular flexibility index (Phi) is 8.14. The first-order valence-corrected chi connectivity index (χ1v) is 8.72. The molecule has 0 aliphatic heterocycles. The molecule has 134 valence electrons. The van der Waals surface area contributed by atoms with Crippen LogP contribution >= 0.6 is 35.3 Å². The highest BCUT2D eigenvalue weighted by Gasteiger charge is 2.17. The molecule has 0 aromatic carbocycles. The van der Waals surface area contributed by atoms with Crippen LogP contribution < -0.4 is 10.6 Å².